The van der Waals surface area contributed by atoms with Gasteiger partial charge in [0.1, 0.15) is 29.1 Å². The Kier molecular flexibility index (Phi) is 14.3. The predicted molar refractivity (Wildman–Crippen MR) is 223 cm³/mol. The number of aromatic nitrogens is 3. The molecule has 57 heavy (non-hydrogen) atoms. The third-order valence-corrected chi connectivity index (χ3v) is 11.4. The van der Waals surface area contributed by atoms with E-state index < -0.39 is 16.0 Å². The number of hydrogen-bond donors (Lipinski definition) is 2. The maximum absolute atomic E-state index is 14.6. The summed E-state index contributed by atoms with van der Waals surface area (Å²) in [6.45, 7) is 12.5. The summed E-state index contributed by atoms with van der Waals surface area (Å²) in [4.78, 5) is 38.3. The molecule has 0 bridgehead atoms. The number of hydrogen-bond acceptors (Lipinski definition) is 11. The molecule has 2 N–H and O–H groups in total. The Labute approximate surface area is 336 Å². The van der Waals surface area contributed by atoms with E-state index in [1.165, 1.54) is 18.7 Å². The van der Waals surface area contributed by atoms with E-state index in [9.17, 15) is 23.3 Å². The van der Waals surface area contributed by atoms with Crippen molar-refractivity contribution >= 4 is 50.4 Å². The zero-order valence-electron chi connectivity index (χ0n) is 34.4. The number of nitriles is 1. The molecule has 1 fully saturated rings. The first kappa shape index (κ1) is 43.1. The Balaban J connectivity index is 1.62. The number of carbonyl (C=O) groups is 2. The number of nitrogens with one attached hydrogen (secondary N) is 2. The highest BCUT2D eigenvalue weighted by Gasteiger charge is 2.42. The fourth-order valence-corrected chi connectivity index (χ4v) is 8.31. The smallest absolute Gasteiger partial charge is 0.343 e. The highest BCUT2D eigenvalue weighted by molar-refractivity contribution is 7.88. The highest BCUT2D eigenvalue weighted by atomic mass is 32.2. The zero-order valence-corrected chi connectivity index (χ0v) is 35.2. The van der Waals surface area contributed by atoms with Crippen LogP contribution in [0.4, 0.5) is 17.1 Å². The molecule has 5 rings (SSSR count). The molecular formula is C42H56N8O6S. The van der Waals surface area contributed by atoms with Crippen LogP contribution >= 0.6 is 0 Å². The van der Waals surface area contributed by atoms with Crippen molar-refractivity contribution in [3.63, 3.8) is 0 Å². The maximum atomic E-state index is 14.6. The van der Waals surface area contributed by atoms with Crippen molar-refractivity contribution in [3.05, 3.63) is 53.4 Å². The predicted octanol–water partition coefficient (Wildman–Crippen LogP) is 7.38. The van der Waals surface area contributed by atoms with E-state index in [1.807, 2.05) is 30.9 Å². The molecule has 0 spiro atoms. The minimum Gasteiger partial charge on any atom is -0.495 e. The number of carbonyl (C=O) groups excluding carboxylic acids is 2. The van der Waals surface area contributed by atoms with Crippen molar-refractivity contribution in [2.24, 2.45) is 22.7 Å². The van der Waals surface area contributed by atoms with E-state index in [4.69, 9.17) is 24.5 Å². The molecular weight excluding hydrogens is 745 g/mol. The second-order valence-electron chi connectivity index (χ2n) is 15.2. The fraction of sp³-hybridized carbons (Fsp3) is 0.524. The third kappa shape index (κ3) is 10.3. The SMILES string of the molecule is CCCCC1CC(C)CC(CCCC)C1OC(=O)C1=C(C#N)C(=Nc2ccc(N(CC)CNS(C)(=O)=O)cc2C)n2nc(-c3ccc(OC)c(NC(C)=O)c3)nc21. The first-order valence-corrected chi connectivity index (χ1v) is 21.8. The van der Waals surface area contributed by atoms with Crippen LogP contribution in [0.1, 0.15) is 97.4 Å². The average Bonchev–Trinajstić information content (AvgIpc) is 3.71. The van der Waals surface area contributed by atoms with Gasteiger partial charge in [0.05, 0.1) is 31.4 Å². The molecule has 2 heterocycles. The molecule has 0 saturated heterocycles. The Hall–Kier alpha value is -5.07. The summed E-state index contributed by atoms with van der Waals surface area (Å²) >= 11 is 0. The first-order valence-electron chi connectivity index (χ1n) is 19.9. The molecule has 1 aromatic heterocycles. The lowest BCUT2D eigenvalue weighted by atomic mass is 9.70. The Morgan fingerprint density at radius 1 is 1.07 bits per heavy atom. The van der Waals surface area contributed by atoms with Crippen LogP contribution in [0.25, 0.3) is 17.0 Å². The lowest BCUT2D eigenvalue weighted by molar-refractivity contribution is -0.152. The second-order valence-corrected chi connectivity index (χ2v) is 17.0. The van der Waals surface area contributed by atoms with Gasteiger partial charge in [-0.15, -0.1) is 5.10 Å². The molecule has 2 unspecified atom stereocenters. The van der Waals surface area contributed by atoms with Gasteiger partial charge < -0.3 is 19.7 Å². The minimum absolute atomic E-state index is 0.00521. The van der Waals surface area contributed by atoms with Gasteiger partial charge in [0, 0.05) is 24.7 Å². The van der Waals surface area contributed by atoms with E-state index >= 15 is 0 Å². The maximum Gasteiger partial charge on any atom is 0.343 e. The van der Waals surface area contributed by atoms with E-state index in [2.05, 4.69) is 36.9 Å². The normalized spacial score (nSPS) is 19.9. The molecule has 306 valence electrons. The van der Waals surface area contributed by atoms with E-state index in [0.717, 1.165) is 68.9 Å². The van der Waals surface area contributed by atoms with Gasteiger partial charge in [-0.05, 0) is 99.2 Å². The van der Waals surface area contributed by atoms with Crippen LogP contribution in [-0.4, -0.2) is 73.6 Å². The molecule has 15 heteroatoms. The number of benzene rings is 2. The number of aryl methyl sites for hydroxylation is 1. The summed E-state index contributed by atoms with van der Waals surface area (Å²) < 4.78 is 39.6. The summed E-state index contributed by atoms with van der Waals surface area (Å²) in [5.74, 6) is 0.974. The molecule has 1 saturated carbocycles. The van der Waals surface area contributed by atoms with Gasteiger partial charge in [0.15, 0.2) is 17.5 Å². The monoisotopic (exact) mass is 800 g/mol. The number of unbranched alkanes of at least 4 members (excludes halogenated alkanes) is 2. The number of amides is 1. The van der Waals surface area contributed by atoms with Crippen molar-refractivity contribution in [2.75, 3.05) is 36.8 Å². The summed E-state index contributed by atoms with van der Waals surface area (Å²) in [6, 6.07) is 12.9. The molecule has 14 nitrogen and oxygen atoms in total. The number of ether oxygens (including phenoxy) is 2. The fourth-order valence-electron chi connectivity index (χ4n) is 7.92. The molecule has 0 radical (unpaired) electrons. The summed E-state index contributed by atoms with van der Waals surface area (Å²) in [7, 11) is -1.90. The van der Waals surface area contributed by atoms with Crippen molar-refractivity contribution in [1.82, 2.24) is 19.5 Å². The van der Waals surface area contributed by atoms with Crippen molar-refractivity contribution in [3.8, 4) is 23.2 Å². The summed E-state index contributed by atoms with van der Waals surface area (Å²) in [5, 5.41) is 18.3. The van der Waals surface area contributed by atoms with E-state index in [0.29, 0.717) is 35.2 Å². The third-order valence-electron chi connectivity index (χ3n) is 10.7. The quantitative estimate of drug-likeness (QED) is 0.103. The number of methoxy groups -OCH3 is 1. The molecule has 2 aliphatic rings. The standard InChI is InChI=1S/C42H56N8O6S/c1-9-12-14-29-20-26(4)21-30(15-13-10-2)38(29)56-42(52)37-33(24-43)40(46-34-18-17-32(22-27(34)5)49(11-3)25-44-57(8,53)54)50-41(37)47-39(48-50)31-16-19-36(55-7)35(23-31)45-28(6)51/h16-19,22-23,26,29-30,38,44H,9-15,20-21,25H2,1-8H3,(H,45,51). The lowest BCUT2D eigenvalue weighted by Crippen LogP contribution is -2.40. The van der Waals surface area contributed by atoms with Crippen molar-refractivity contribution < 1.29 is 27.5 Å². The van der Waals surface area contributed by atoms with Crippen molar-refractivity contribution in [2.45, 2.75) is 99.0 Å². The van der Waals surface area contributed by atoms with E-state index in [1.54, 1.807) is 24.3 Å². The molecule has 2 atom stereocenters. The number of esters is 1. The van der Waals surface area contributed by atoms with Gasteiger partial charge >= 0.3 is 5.97 Å². The number of rotatable bonds is 17. The van der Waals surface area contributed by atoms with Crippen LogP contribution in [0, 0.1) is 36.0 Å². The molecule has 1 aliphatic heterocycles. The molecule has 1 amide bonds. The largest absolute Gasteiger partial charge is 0.495 e. The topological polar surface area (TPSA) is 181 Å². The first-order chi connectivity index (χ1) is 27.2. The Bertz CT molecular complexity index is 2150. The number of allylic oxidation sites excluding steroid dienone is 1. The van der Waals surface area contributed by atoms with Crippen LogP contribution < -0.4 is 19.7 Å². The van der Waals surface area contributed by atoms with Gasteiger partial charge in [0.2, 0.25) is 15.9 Å². The van der Waals surface area contributed by atoms with E-state index in [-0.39, 0.29) is 59.1 Å². The molecule has 2 aromatic carbocycles. The second kappa shape index (κ2) is 18.9. The molecule has 1 aliphatic carbocycles. The lowest BCUT2D eigenvalue weighted by Gasteiger charge is -2.41. The number of sulfonamides is 1. The van der Waals surface area contributed by atoms with Crippen LogP contribution in [-0.2, 0) is 24.3 Å². The number of anilines is 2. The zero-order chi connectivity index (χ0) is 41.4. The van der Waals surface area contributed by atoms with Gasteiger partial charge in [-0.25, -0.2) is 23.2 Å². The highest BCUT2D eigenvalue weighted by Crippen LogP contribution is 2.42. The minimum atomic E-state index is -3.41. The summed E-state index contributed by atoms with van der Waals surface area (Å²) in [5.41, 5.74) is 3.01. The van der Waals surface area contributed by atoms with Crippen LogP contribution in [0.2, 0.25) is 0 Å². The van der Waals surface area contributed by atoms with Gasteiger partial charge in [-0.2, -0.15) is 14.7 Å². The Morgan fingerprint density at radius 2 is 1.75 bits per heavy atom. The van der Waals surface area contributed by atoms with Gasteiger partial charge in [0.25, 0.3) is 0 Å². The summed E-state index contributed by atoms with van der Waals surface area (Å²) in [6.07, 6.45) is 8.85. The van der Waals surface area contributed by atoms with Crippen LogP contribution in [0.15, 0.2) is 47.0 Å². The average molecular weight is 801 g/mol. The number of nitrogens with zero attached hydrogens (tertiary/aromatic N) is 6. The van der Waals surface area contributed by atoms with Crippen LogP contribution in [0.5, 0.6) is 5.75 Å². The molecule has 3 aromatic rings. The van der Waals surface area contributed by atoms with Crippen LogP contribution in [0.3, 0.4) is 0 Å². The number of fused-ring (bicyclic) bond motifs is 1. The number of aliphatic imine (C=N–C) groups is 1. The van der Waals surface area contributed by atoms with Crippen molar-refractivity contribution in [1.29, 1.82) is 5.26 Å². The van der Waals surface area contributed by atoms with Gasteiger partial charge in [-0.3, -0.25) is 4.79 Å². The Morgan fingerprint density at radius 3 is 2.32 bits per heavy atom. The van der Waals surface area contributed by atoms with Gasteiger partial charge in [-0.1, -0.05) is 46.5 Å².